The molecule has 1 aromatic carbocycles. The average molecular weight is 291 g/mol. The molecule has 1 atom stereocenters. The Labute approximate surface area is 124 Å². The topological polar surface area (TPSA) is 64.6 Å². The molecule has 114 valence electrons. The van der Waals surface area contributed by atoms with Crippen LogP contribution in [0.4, 0.5) is 0 Å². The van der Waals surface area contributed by atoms with Crippen LogP contribution in [-0.2, 0) is 20.7 Å². The van der Waals surface area contributed by atoms with Crippen LogP contribution >= 0.6 is 0 Å². The minimum atomic E-state index is -0.728. The fraction of sp³-hybridized carbons (Fsp3) is 0.500. The van der Waals surface area contributed by atoms with Gasteiger partial charge < -0.3 is 14.8 Å². The third-order valence-electron chi connectivity index (χ3n) is 3.38. The highest BCUT2D eigenvalue weighted by molar-refractivity contribution is 5.83. The molecule has 1 N–H and O–H groups in total. The van der Waals surface area contributed by atoms with E-state index in [0.29, 0.717) is 6.42 Å². The van der Waals surface area contributed by atoms with Crippen molar-refractivity contribution in [2.45, 2.75) is 44.8 Å². The zero-order valence-electron chi connectivity index (χ0n) is 12.4. The van der Waals surface area contributed by atoms with Crippen LogP contribution in [-0.4, -0.2) is 31.1 Å². The van der Waals surface area contributed by atoms with Crippen LogP contribution in [0.25, 0.3) is 0 Å². The summed E-state index contributed by atoms with van der Waals surface area (Å²) in [5, 5.41) is 2.82. The maximum Gasteiger partial charge on any atom is 0.306 e. The number of hydrogen-bond acceptors (Lipinski definition) is 4. The Hall–Kier alpha value is -2.04. The number of benzene rings is 1. The zero-order chi connectivity index (χ0) is 15.2. The molecule has 0 aliphatic heterocycles. The number of aryl methyl sites for hydroxylation is 1. The quantitative estimate of drug-likeness (QED) is 0.779. The third kappa shape index (κ3) is 5.10. The molecule has 0 unspecified atom stereocenters. The number of amides is 1. The van der Waals surface area contributed by atoms with Gasteiger partial charge in [-0.25, -0.2) is 0 Å². The van der Waals surface area contributed by atoms with Gasteiger partial charge in [0.2, 0.25) is 0 Å². The van der Waals surface area contributed by atoms with Gasteiger partial charge in [-0.15, -0.1) is 0 Å². The molecule has 0 aromatic heterocycles. The normalized spacial score (nSPS) is 15.1. The van der Waals surface area contributed by atoms with Gasteiger partial charge in [-0.1, -0.05) is 12.1 Å². The molecule has 1 amide bonds. The maximum atomic E-state index is 11.7. The summed E-state index contributed by atoms with van der Waals surface area (Å²) in [6.07, 6.45) is 2.15. The average Bonchev–Trinajstić information content (AvgIpc) is 3.29. The van der Waals surface area contributed by atoms with Crippen molar-refractivity contribution in [1.29, 1.82) is 0 Å². The minimum Gasteiger partial charge on any atom is -0.497 e. The van der Waals surface area contributed by atoms with E-state index >= 15 is 0 Å². The van der Waals surface area contributed by atoms with Crippen molar-refractivity contribution in [3.63, 3.8) is 0 Å². The Kier molecular flexibility index (Phi) is 5.20. The number of rotatable bonds is 7. The standard InChI is InChI=1S/C16H21NO4/c1-11(16(19)17-13-6-7-13)21-15(18)10-5-12-3-8-14(20-2)9-4-12/h3-4,8-9,11,13H,5-7,10H2,1-2H3,(H,17,19)/t11-/m1/s1. The van der Waals surface area contributed by atoms with Gasteiger partial charge in [0, 0.05) is 12.5 Å². The molecule has 21 heavy (non-hydrogen) atoms. The number of methoxy groups -OCH3 is 1. The van der Waals surface area contributed by atoms with Crippen molar-refractivity contribution in [3.05, 3.63) is 29.8 Å². The highest BCUT2D eigenvalue weighted by Crippen LogP contribution is 2.19. The summed E-state index contributed by atoms with van der Waals surface area (Å²) in [6.45, 7) is 1.60. The highest BCUT2D eigenvalue weighted by Gasteiger charge is 2.27. The monoisotopic (exact) mass is 291 g/mol. The molecule has 2 rings (SSSR count). The Morgan fingerprint density at radius 1 is 1.29 bits per heavy atom. The summed E-state index contributed by atoms with van der Waals surface area (Å²) in [5.74, 6) is 0.214. The van der Waals surface area contributed by atoms with E-state index in [1.165, 1.54) is 0 Å². The molecule has 0 radical (unpaired) electrons. The summed E-state index contributed by atoms with van der Waals surface area (Å²) in [7, 11) is 1.61. The molecule has 5 nitrogen and oxygen atoms in total. The second kappa shape index (κ2) is 7.11. The number of carbonyl (C=O) groups excluding carboxylic acids is 2. The highest BCUT2D eigenvalue weighted by atomic mass is 16.5. The Morgan fingerprint density at radius 3 is 2.52 bits per heavy atom. The molecular weight excluding hydrogens is 270 g/mol. The van der Waals surface area contributed by atoms with Crippen molar-refractivity contribution in [3.8, 4) is 5.75 Å². The number of hydrogen-bond donors (Lipinski definition) is 1. The smallest absolute Gasteiger partial charge is 0.306 e. The first-order valence-corrected chi connectivity index (χ1v) is 7.21. The molecular formula is C16H21NO4. The van der Waals surface area contributed by atoms with Gasteiger partial charge in [0.25, 0.3) is 5.91 Å². The molecule has 1 aliphatic rings. The predicted octanol–water partition coefficient (Wildman–Crippen LogP) is 1.84. The number of carbonyl (C=O) groups is 2. The van der Waals surface area contributed by atoms with Crippen molar-refractivity contribution in [1.82, 2.24) is 5.32 Å². The van der Waals surface area contributed by atoms with E-state index in [9.17, 15) is 9.59 Å². The number of nitrogens with one attached hydrogen (secondary N) is 1. The SMILES string of the molecule is COc1ccc(CCC(=O)O[C@H](C)C(=O)NC2CC2)cc1. The van der Waals surface area contributed by atoms with Gasteiger partial charge in [0.15, 0.2) is 6.10 Å². The summed E-state index contributed by atoms with van der Waals surface area (Å²) in [6, 6.07) is 7.81. The van der Waals surface area contributed by atoms with E-state index in [2.05, 4.69) is 5.32 Å². The lowest BCUT2D eigenvalue weighted by Gasteiger charge is -2.13. The van der Waals surface area contributed by atoms with E-state index in [-0.39, 0.29) is 24.3 Å². The molecule has 1 fully saturated rings. The van der Waals surface area contributed by atoms with Crippen molar-refractivity contribution < 1.29 is 19.1 Å². The van der Waals surface area contributed by atoms with Gasteiger partial charge >= 0.3 is 5.97 Å². The van der Waals surface area contributed by atoms with Crippen LogP contribution in [0, 0.1) is 0 Å². The fourth-order valence-corrected chi connectivity index (χ4v) is 1.89. The molecule has 0 spiro atoms. The summed E-state index contributed by atoms with van der Waals surface area (Å²) in [4.78, 5) is 23.4. The Morgan fingerprint density at radius 2 is 1.95 bits per heavy atom. The van der Waals surface area contributed by atoms with Crippen LogP contribution in [0.3, 0.4) is 0 Å². The summed E-state index contributed by atoms with van der Waals surface area (Å²) in [5.41, 5.74) is 1.03. The van der Waals surface area contributed by atoms with Gasteiger partial charge in [-0.05, 0) is 43.9 Å². The van der Waals surface area contributed by atoms with Crippen molar-refractivity contribution >= 4 is 11.9 Å². The van der Waals surface area contributed by atoms with Gasteiger partial charge in [-0.2, -0.15) is 0 Å². The third-order valence-corrected chi connectivity index (χ3v) is 3.38. The molecule has 1 aromatic rings. The van der Waals surface area contributed by atoms with Crippen LogP contribution in [0.15, 0.2) is 24.3 Å². The molecule has 5 heteroatoms. The Bertz CT molecular complexity index is 494. The first kappa shape index (κ1) is 15.4. The molecule has 1 saturated carbocycles. The lowest BCUT2D eigenvalue weighted by Crippen LogP contribution is -2.37. The molecule has 0 heterocycles. The summed E-state index contributed by atoms with van der Waals surface area (Å²) >= 11 is 0. The van der Waals surface area contributed by atoms with E-state index < -0.39 is 6.10 Å². The second-order valence-corrected chi connectivity index (χ2v) is 5.26. The second-order valence-electron chi connectivity index (χ2n) is 5.26. The first-order valence-electron chi connectivity index (χ1n) is 7.21. The zero-order valence-corrected chi connectivity index (χ0v) is 12.4. The summed E-state index contributed by atoms with van der Waals surface area (Å²) < 4.78 is 10.2. The van der Waals surface area contributed by atoms with E-state index in [4.69, 9.17) is 9.47 Å². The van der Waals surface area contributed by atoms with Crippen LogP contribution in [0.5, 0.6) is 5.75 Å². The Balaban J connectivity index is 1.71. The fourth-order valence-electron chi connectivity index (χ4n) is 1.89. The molecule has 1 aliphatic carbocycles. The van der Waals surface area contributed by atoms with Crippen LogP contribution in [0.2, 0.25) is 0 Å². The maximum absolute atomic E-state index is 11.7. The van der Waals surface area contributed by atoms with E-state index in [1.54, 1.807) is 14.0 Å². The lowest BCUT2D eigenvalue weighted by molar-refractivity contribution is -0.154. The molecule has 0 bridgehead atoms. The lowest BCUT2D eigenvalue weighted by atomic mass is 10.1. The number of ether oxygens (including phenoxy) is 2. The van der Waals surface area contributed by atoms with Crippen LogP contribution < -0.4 is 10.1 Å². The molecule has 0 saturated heterocycles. The largest absolute Gasteiger partial charge is 0.497 e. The van der Waals surface area contributed by atoms with Crippen LogP contribution in [0.1, 0.15) is 31.7 Å². The number of esters is 1. The predicted molar refractivity (Wildman–Crippen MR) is 78.0 cm³/mol. The van der Waals surface area contributed by atoms with Crippen molar-refractivity contribution in [2.24, 2.45) is 0 Å². The van der Waals surface area contributed by atoms with Gasteiger partial charge in [0.05, 0.1) is 7.11 Å². The van der Waals surface area contributed by atoms with Gasteiger partial charge in [0.1, 0.15) is 5.75 Å². The van der Waals surface area contributed by atoms with E-state index in [0.717, 1.165) is 24.2 Å². The van der Waals surface area contributed by atoms with Gasteiger partial charge in [-0.3, -0.25) is 9.59 Å². The first-order chi connectivity index (χ1) is 10.1. The van der Waals surface area contributed by atoms with Crippen molar-refractivity contribution in [2.75, 3.05) is 7.11 Å². The van der Waals surface area contributed by atoms with E-state index in [1.807, 2.05) is 24.3 Å². The minimum absolute atomic E-state index is 0.213.